The summed E-state index contributed by atoms with van der Waals surface area (Å²) in [5, 5.41) is 6.86. The first-order chi connectivity index (χ1) is 2.89. The molecule has 2 radical (unpaired) electrons. The molecule has 6 heavy (non-hydrogen) atoms. The van der Waals surface area contributed by atoms with Crippen molar-refractivity contribution in [3.05, 3.63) is 0 Å². The van der Waals surface area contributed by atoms with Crippen LogP contribution in [0.2, 0.25) is 0 Å². The highest BCUT2D eigenvalue weighted by Crippen LogP contribution is 1.77. The van der Waals surface area contributed by atoms with Crippen LogP contribution in [-0.2, 0) is 0 Å². The molecule has 0 bridgehead atoms. The van der Waals surface area contributed by atoms with Crippen molar-refractivity contribution in [2.45, 2.75) is 0 Å². The van der Waals surface area contributed by atoms with Crippen LogP contribution in [-0.4, -0.2) is 19.1 Å². The zero-order valence-electron chi connectivity index (χ0n) is 3.22. The number of hydrogen-bond acceptors (Lipinski definition) is 1. The predicted octanol–water partition coefficient (Wildman–Crippen LogP) is -0.671. The molecule has 0 saturated carbocycles. The number of carbonyl (C=O) groups excluding carboxylic acids is 1. The molecule has 0 atom stereocenters. The van der Waals surface area contributed by atoms with E-state index in [1.54, 1.807) is 0 Å². The zero-order chi connectivity index (χ0) is 4.41. The molecule has 0 aromatic heterocycles. The van der Waals surface area contributed by atoms with Gasteiger partial charge >= 0.3 is 6.03 Å². The highest BCUT2D eigenvalue weighted by molar-refractivity contribution is 5.74. The average Bonchev–Trinajstić information content (AvgIpc) is 1.86. The lowest BCUT2D eigenvalue weighted by atomic mass is 10.7. The smallest absolute Gasteiger partial charge is 0.245 e. The number of urea groups is 1. The van der Waals surface area contributed by atoms with Crippen molar-refractivity contribution in [2.75, 3.05) is 13.1 Å². The molecule has 1 rings (SSSR count). The molecule has 1 fully saturated rings. The Labute approximate surface area is 35.7 Å². The summed E-state index contributed by atoms with van der Waals surface area (Å²) < 4.78 is 0. The fourth-order valence-corrected chi connectivity index (χ4v) is 0.341. The molecule has 1 saturated heterocycles. The second-order valence-corrected chi connectivity index (χ2v) is 1.05. The third-order valence-electron chi connectivity index (χ3n) is 0.594. The monoisotopic (exact) mass is 84.0 g/mol. The van der Waals surface area contributed by atoms with E-state index in [0.717, 1.165) is 0 Å². The van der Waals surface area contributed by atoms with Gasteiger partial charge in [-0.25, -0.2) is 15.4 Å². The molecule has 3 nitrogen and oxygen atoms in total. The van der Waals surface area contributed by atoms with Crippen molar-refractivity contribution in [2.24, 2.45) is 0 Å². The molecule has 0 N–H and O–H groups in total. The summed E-state index contributed by atoms with van der Waals surface area (Å²) in [4.78, 5) is 9.91. The van der Waals surface area contributed by atoms with Crippen LogP contribution in [0.4, 0.5) is 4.79 Å². The fourth-order valence-electron chi connectivity index (χ4n) is 0.341. The molecule has 1 aliphatic rings. The van der Waals surface area contributed by atoms with Crippen LogP contribution in [0.3, 0.4) is 0 Å². The molecule has 0 aromatic rings. The minimum Gasteiger partial charge on any atom is -0.245 e. The van der Waals surface area contributed by atoms with E-state index >= 15 is 0 Å². The lowest BCUT2D eigenvalue weighted by Gasteiger charge is -1.73. The third-order valence-corrected chi connectivity index (χ3v) is 0.594. The second kappa shape index (κ2) is 1.16. The van der Waals surface area contributed by atoms with Crippen molar-refractivity contribution in [3.63, 3.8) is 0 Å². The van der Waals surface area contributed by atoms with Gasteiger partial charge in [-0.1, -0.05) is 0 Å². The van der Waals surface area contributed by atoms with E-state index in [9.17, 15) is 4.79 Å². The topological polar surface area (TPSA) is 45.3 Å². The molecular weight excluding hydrogens is 80.0 g/mol. The van der Waals surface area contributed by atoms with Crippen molar-refractivity contribution < 1.29 is 4.79 Å². The van der Waals surface area contributed by atoms with Crippen molar-refractivity contribution >= 4 is 6.03 Å². The highest BCUT2D eigenvalue weighted by atomic mass is 16.2. The van der Waals surface area contributed by atoms with Crippen molar-refractivity contribution in [1.29, 1.82) is 0 Å². The van der Waals surface area contributed by atoms with Gasteiger partial charge in [-0.05, 0) is 0 Å². The molecule has 0 aromatic carbocycles. The minimum absolute atomic E-state index is 0.296. The van der Waals surface area contributed by atoms with Gasteiger partial charge in [0.1, 0.15) is 0 Å². The predicted molar refractivity (Wildman–Crippen MR) is 19.4 cm³/mol. The summed E-state index contributed by atoms with van der Waals surface area (Å²) >= 11 is 0. The summed E-state index contributed by atoms with van der Waals surface area (Å²) in [6.07, 6.45) is 0. The van der Waals surface area contributed by atoms with E-state index in [2.05, 4.69) is 10.6 Å². The normalized spacial score (nSPS) is 19.7. The maximum absolute atomic E-state index is 9.91. The Bertz CT molecular complexity index is 63.2. The van der Waals surface area contributed by atoms with Gasteiger partial charge in [0.2, 0.25) is 0 Å². The molecule has 0 aliphatic carbocycles. The first kappa shape index (κ1) is 3.46. The van der Waals surface area contributed by atoms with Gasteiger partial charge in [-0.15, -0.1) is 0 Å². The van der Waals surface area contributed by atoms with Gasteiger partial charge in [0.05, 0.1) is 13.1 Å². The van der Waals surface area contributed by atoms with Crippen LogP contribution in [0.25, 0.3) is 0 Å². The Hall–Kier alpha value is -0.730. The minimum atomic E-state index is -0.296. The van der Waals surface area contributed by atoms with E-state index in [1.165, 1.54) is 0 Å². The molecule has 3 heteroatoms. The number of amides is 2. The van der Waals surface area contributed by atoms with Crippen LogP contribution in [0, 0.1) is 0 Å². The molecule has 1 aliphatic heterocycles. The molecule has 2 amide bonds. The second-order valence-electron chi connectivity index (χ2n) is 1.05. The maximum Gasteiger partial charge on any atom is 0.358 e. The van der Waals surface area contributed by atoms with E-state index in [0.29, 0.717) is 13.1 Å². The first-order valence-corrected chi connectivity index (χ1v) is 1.78. The number of hydrogen-bond donors (Lipinski definition) is 0. The van der Waals surface area contributed by atoms with E-state index in [4.69, 9.17) is 0 Å². The molecule has 1 heterocycles. The average molecular weight is 84.1 g/mol. The number of nitrogens with zero attached hydrogens (tertiary/aromatic N) is 2. The van der Waals surface area contributed by atoms with Gasteiger partial charge in [0.25, 0.3) is 0 Å². The summed E-state index contributed by atoms with van der Waals surface area (Å²) in [5.74, 6) is 0. The number of rotatable bonds is 0. The van der Waals surface area contributed by atoms with Gasteiger partial charge in [0.15, 0.2) is 0 Å². The van der Waals surface area contributed by atoms with Gasteiger partial charge in [-0.3, -0.25) is 0 Å². The Kier molecular flexibility index (Phi) is 0.670. The third kappa shape index (κ3) is 0.429. The van der Waals surface area contributed by atoms with Crippen LogP contribution in [0.1, 0.15) is 0 Å². The lowest BCUT2D eigenvalue weighted by Crippen LogP contribution is -2.08. The Morgan fingerprint density at radius 2 is 1.83 bits per heavy atom. The molecule has 0 spiro atoms. The highest BCUT2D eigenvalue weighted by Gasteiger charge is 2.08. The quantitative estimate of drug-likeness (QED) is 0.384. The Morgan fingerprint density at radius 3 is 2.00 bits per heavy atom. The summed E-state index contributed by atoms with van der Waals surface area (Å²) in [6.45, 7) is 1.19. The fraction of sp³-hybridized carbons (Fsp3) is 0.667. The Balaban J connectivity index is 2.37. The molecular formula is C3H4N2O. The SMILES string of the molecule is O=C1[N]CC[N]1. The number of carbonyl (C=O) groups is 1. The molecule has 32 valence electrons. The van der Waals surface area contributed by atoms with E-state index < -0.39 is 0 Å². The van der Waals surface area contributed by atoms with Crippen LogP contribution in [0.15, 0.2) is 0 Å². The van der Waals surface area contributed by atoms with Gasteiger partial charge < -0.3 is 0 Å². The maximum atomic E-state index is 9.91. The van der Waals surface area contributed by atoms with Gasteiger partial charge in [-0.2, -0.15) is 0 Å². The largest absolute Gasteiger partial charge is 0.358 e. The van der Waals surface area contributed by atoms with E-state index in [1.807, 2.05) is 0 Å². The van der Waals surface area contributed by atoms with Crippen LogP contribution < -0.4 is 10.6 Å². The van der Waals surface area contributed by atoms with Crippen molar-refractivity contribution in [3.8, 4) is 0 Å². The molecule has 0 unspecified atom stereocenters. The van der Waals surface area contributed by atoms with Crippen LogP contribution >= 0.6 is 0 Å². The first-order valence-electron chi connectivity index (χ1n) is 1.78. The summed E-state index contributed by atoms with van der Waals surface area (Å²) in [6, 6.07) is -0.296. The van der Waals surface area contributed by atoms with Gasteiger partial charge in [0, 0.05) is 0 Å². The van der Waals surface area contributed by atoms with Crippen LogP contribution in [0.5, 0.6) is 0 Å². The van der Waals surface area contributed by atoms with Crippen molar-refractivity contribution in [1.82, 2.24) is 10.6 Å². The Morgan fingerprint density at radius 1 is 1.33 bits per heavy atom. The van der Waals surface area contributed by atoms with E-state index in [-0.39, 0.29) is 6.03 Å². The standard InChI is InChI=1S/C3H4N2O/c6-3-4-1-2-5-3/h1-2H2. The summed E-state index contributed by atoms with van der Waals surface area (Å²) in [7, 11) is 0. The zero-order valence-corrected chi connectivity index (χ0v) is 3.22. The lowest BCUT2D eigenvalue weighted by molar-refractivity contribution is 0.247. The summed E-state index contributed by atoms with van der Waals surface area (Å²) in [5.41, 5.74) is 0.